The van der Waals surface area contributed by atoms with Gasteiger partial charge in [-0.25, -0.2) is 0 Å². The third kappa shape index (κ3) is 3.03. The van der Waals surface area contributed by atoms with Gasteiger partial charge in [0.15, 0.2) is 0 Å². The lowest BCUT2D eigenvalue weighted by atomic mass is 9.97. The summed E-state index contributed by atoms with van der Waals surface area (Å²) < 4.78 is 6.04. The molecular weight excluding hydrogens is 268 g/mol. The van der Waals surface area contributed by atoms with Crippen molar-refractivity contribution in [3.05, 3.63) is 29.8 Å². The molecule has 0 spiro atoms. The molecule has 3 nitrogen and oxygen atoms in total. The number of benzene rings is 1. The first-order chi connectivity index (χ1) is 9.83. The van der Waals surface area contributed by atoms with Crippen molar-refractivity contribution >= 4 is 11.8 Å². The molecule has 1 aliphatic heterocycles. The number of morpholine rings is 1. The minimum absolute atomic E-state index is 0.259. The second-order valence-electron chi connectivity index (χ2n) is 5.65. The smallest absolute Gasteiger partial charge is 0.0896 e. The molecule has 2 aliphatic rings. The normalized spacial score (nSPS) is 27.7. The Morgan fingerprint density at radius 3 is 2.65 bits per heavy atom. The van der Waals surface area contributed by atoms with Gasteiger partial charge in [0.2, 0.25) is 0 Å². The Morgan fingerprint density at radius 1 is 1.30 bits per heavy atom. The Labute approximate surface area is 126 Å². The SMILES string of the molecule is CNCC1OCCN(C2CC2)C1c1ccc(SC)cc1. The van der Waals surface area contributed by atoms with Crippen LogP contribution >= 0.6 is 11.8 Å². The predicted octanol–water partition coefficient (Wildman–Crippen LogP) is 2.53. The minimum Gasteiger partial charge on any atom is -0.374 e. The Kier molecular flexibility index (Phi) is 4.66. The third-order valence-corrected chi connectivity index (χ3v) is 5.01. The van der Waals surface area contributed by atoms with Crippen molar-refractivity contribution < 1.29 is 4.74 Å². The van der Waals surface area contributed by atoms with Crippen LogP contribution in [-0.4, -0.2) is 50.0 Å². The average Bonchev–Trinajstić information content (AvgIpc) is 3.32. The van der Waals surface area contributed by atoms with Crippen molar-refractivity contribution in [3.8, 4) is 0 Å². The first-order valence-electron chi connectivity index (χ1n) is 7.49. The third-order valence-electron chi connectivity index (χ3n) is 4.27. The number of ether oxygens (including phenoxy) is 1. The van der Waals surface area contributed by atoms with Crippen molar-refractivity contribution in [1.82, 2.24) is 10.2 Å². The zero-order chi connectivity index (χ0) is 13.9. The molecule has 1 saturated carbocycles. The van der Waals surface area contributed by atoms with Crippen LogP contribution < -0.4 is 5.32 Å². The monoisotopic (exact) mass is 292 g/mol. The summed E-state index contributed by atoms with van der Waals surface area (Å²) in [5.41, 5.74) is 1.40. The van der Waals surface area contributed by atoms with Gasteiger partial charge in [0, 0.05) is 24.0 Å². The molecule has 1 heterocycles. The van der Waals surface area contributed by atoms with E-state index in [0.717, 1.165) is 25.7 Å². The molecule has 3 rings (SSSR count). The zero-order valence-electron chi connectivity index (χ0n) is 12.3. The van der Waals surface area contributed by atoms with Crippen molar-refractivity contribution in [2.24, 2.45) is 0 Å². The van der Waals surface area contributed by atoms with Crippen LogP contribution in [0.5, 0.6) is 0 Å². The summed E-state index contributed by atoms with van der Waals surface area (Å²) in [6.45, 7) is 2.85. The molecule has 110 valence electrons. The molecule has 2 fully saturated rings. The van der Waals surface area contributed by atoms with Crippen LogP contribution in [0.1, 0.15) is 24.4 Å². The van der Waals surface area contributed by atoms with Gasteiger partial charge in [-0.2, -0.15) is 0 Å². The predicted molar refractivity (Wildman–Crippen MR) is 84.4 cm³/mol. The van der Waals surface area contributed by atoms with Gasteiger partial charge in [0.1, 0.15) is 0 Å². The van der Waals surface area contributed by atoms with Gasteiger partial charge in [-0.05, 0) is 43.8 Å². The van der Waals surface area contributed by atoms with Crippen molar-refractivity contribution in [2.75, 3.05) is 33.0 Å². The fraction of sp³-hybridized carbons (Fsp3) is 0.625. The van der Waals surface area contributed by atoms with Crippen LogP contribution in [-0.2, 0) is 4.74 Å². The Balaban J connectivity index is 1.85. The Bertz CT molecular complexity index is 431. The molecule has 1 aromatic carbocycles. The summed E-state index contributed by atoms with van der Waals surface area (Å²) in [4.78, 5) is 3.99. The molecule has 20 heavy (non-hydrogen) atoms. The molecule has 1 saturated heterocycles. The van der Waals surface area contributed by atoms with Gasteiger partial charge >= 0.3 is 0 Å². The van der Waals surface area contributed by atoms with E-state index in [-0.39, 0.29) is 6.10 Å². The summed E-state index contributed by atoms with van der Waals surface area (Å²) in [6, 6.07) is 10.2. The Morgan fingerprint density at radius 2 is 2.05 bits per heavy atom. The maximum Gasteiger partial charge on any atom is 0.0896 e. The molecule has 2 unspecified atom stereocenters. The summed E-state index contributed by atoms with van der Waals surface area (Å²) in [6.07, 6.45) is 5.09. The minimum atomic E-state index is 0.259. The van der Waals surface area contributed by atoms with E-state index < -0.39 is 0 Å². The molecule has 0 bridgehead atoms. The number of nitrogens with one attached hydrogen (secondary N) is 1. The Hall–Kier alpha value is -0.550. The highest BCUT2D eigenvalue weighted by atomic mass is 32.2. The lowest BCUT2D eigenvalue weighted by molar-refractivity contribution is -0.0740. The second-order valence-corrected chi connectivity index (χ2v) is 6.53. The molecule has 1 aromatic rings. The highest BCUT2D eigenvalue weighted by molar-refractivity contribution is 7.98. The highest BCUT2D eigenvalue weighted by Gasteiger charge is 2.40. The van der Waals surface area contributed by atoms with E-state index in [1.54, 1.807) is 11.8 Å². The number of hydrogen-bond acceptors (Lipinski definition) is 4. The largest absolute Gasteiger partial charge is 0.374 e. The number of likely N-dealkylation sites (N-methyl/N-ethyl adjacent to an activating group) is 1. The summed E-state index contributed by atoms with van der Waals surface area (Å²) >= 11 is 1.80. The van der Waals surface area contributed by atoms with Crippen LogP contribution in [0.25, 0.3) is 0 Å². The van der Waals surface area contributed by atoms with Gasteiger partial charge in [-0.3, -0.25) is 4.90 Å². The maximum atomic E-state index is 6.04. The fourth-order valence-electron chi connectivity index (χ4n) is 3.15. The molecule has 2 atom stereocenters. The summed E-state index contributed by atoms with van der Waals surface area (Å²) in [7, 11) is 2.01. The van der Waals surface area contributed by atoms with Gasteiger partial charge in [0.25, 0.3) is 0 Å². The molecule has 4 heteroatoms. The second kappa shape index (κ2) is 6.48. The van der Waals surface area contributed by atoms with Crippen LogP contribution in [0.15, 0.2) is 29.2 Å². The molecule has 0 aromatic heterocycles. The number of nitrogens with zero attached hydrogens (tertiary/aromatic N) is 1. The lowest BCUT2D eigenvalue weighted by Gasteiger charge is -2.42. The van der Waals surface area contributed by atoms with E-state index in [1.165, 1.54) is 23.3 Å². The molecule has 0 radical (unpaired) electrons. The van der Waals surface area contributed by atoms with Crippen LogP contribution in [0.4, 0.5) is 0 Å². The van der Waals surface area contributed by atoms with Gasteiger partial charge < -0.3 is 10.1 Å². The van der Waals surface area contributed by atoms with Crippen LogP contribution in [0.3, 0.4) is 0 Å². The molecular formula is C16H24N2OS. The van der Waals surface area contributed by atoms with Gasteiger partial charge in [0.05, 0.1) is 18.8 Å². The van der Waals surface area contributed by atoms with Gasteiger partial charge in [-0.15, -0.1) is 11.8 Å². The maximum absolute atomic E-state index is 6.04. The molecule has 0 amide bonds. The summed E-state index contributed by atoms with van der Waals surface area (Å²) in [5.74, 6) is 0. The highest BCUT2D eigenvalue weighted by Crippen LogP contribution is 2.39. The summed E-state index contributed by atoms with van der Waals surface area (Å²) in [5, 5.41) is 3.28. The van der Waals surface area contributed by atoms with Gasteiger partial charge in [-0.1, -0.05) is 12.1 Å². The van der Waals surface area contributed by atoms with Crippen molar-refractivity contribution in [2.45, 2.75) is 35.9 Å². The lowest BCUT2D eigenvalue weighted by Crippen LogP contribution is -2.49. The average molecular weight is 292 g/mol. The zero-order valence-corrected chi connectivity index (χ0v) is 13.2. The first kappa shape index (κ1) is 14.4. The molecule has 1 aliphatic carbocycles. The van der Waals surface area contributed by atoms with Crippen molar-refractivity contribution in [1.29, 1.82) is 0 Å². The number of hydrogen-bond donors (Lipinski definition) is 1. The van der Waals surface area contributed by atoms with E-state index in [0.29, 0.717) is 6.04 Å². The topological polar surface area (TPSA) is 24.5 Å². The quantitative estimate of drug-likeness (QED) is 0.843. The van der Waals surface area contributed by atoms with Crippen LogP contribution in [0.2, 0.25) is 0 Å². The number of rotatable bonds is 5. The van der Waals surface area contributed by atoms with E-state index in [2.05, 4.69) is 40.7 Å². The standard InChI is InChI=1S/C16H24N2OS/c1-17-11-15-16(12-3-7-14(20-2)8-4-12)18(9-10-19-15)13-5-6-13/h3-4,7-8,13,15-17H,5-6,9-11H2,1-2H3. The number of thioether (sulfide) groups is 1. The van der Waals surface area contributed by atoms with E-state index in [9.17, 15) is 0 Å². The molecule has 1 N–H and O–H groups in total. The van der Waals surface area contributed by atoms with Crippen LogP contribution in [0, 0.1) is 0 Å². The fourth-order valence-corrected chi connectivity index (χ4v) is 3.56. The first-order valence-corrected chi connectivity index (χ1v) is 8.72. The van der Waals surface area contributed by atoms with E-state index in [4.69, 9.17) is 4.74 Å². The van der Waals surface area contributed by atoms with E-state index >= 15 is 0 Å². The van der Waals surface area contributed by atoms with E-state index in [1.807, 2.05) is 7.05 Å². The van der Waals surface area contributed by atoms with Crippen molar-refractivity contribution in [3.63, 3.8) is 0 Å².